The highest BCUT2D eigenvalue weighted by Crippen LogP contribution is 2.21. The van der Waals surface area contributed by atoms with Crippen LogP contribution in [0, 0.1) is 5.92 Å². The number of hydrogen-bond donors (Lipinski definition) is 2. The number of rotatable bonds is 6. The minimum Gasteiger partial charge on any atom is -0.352 e. The average Bonchev–Trinajstić information content (AvgIpc) is 2.45. The topological polar surface area (TPSA) is 44.4 Å². The van der Waals surface area contributed by atoms with E-state index in [1.165, 1.54) is 6.42 Å². The van der Waals surface area contributed by atoms with E-state index < -0.39 is 0 Å². The molecule has 4 atom stereocenters. The molecule has 2 N–H and O–H groups in total. The lowest BCUT2D eigenvalue weighted by atomic mass is 9.89. The molecular weight excluding hydrogens is 238 g/mol. The Kier molecular flexibility index (Phi) is 6.80. The SMILES string of the molecule is CCC(C)NC(=O)C(C)N1CCC(NC)C(CC)C1. The summed E-state index contributed by atoms with van der Waals surface area (Å²) in [5, 5.41) is 6.50. The highest BCUT2D eigenvalue weighted by Gasteiger charge is 2.31. The molecule has 1 aliphatic rings. The van der Waals surface area contributed by atoms with Crippen molar-refractivity contribution in [1.82, 2.24) is 15.5 Å². The molecule has 1 aliphatic heterocycles. The molecule has 4 nitrogen and oxygen atoms in total. The molecule has 19 heavy (non-hydrogen) atoms. The summed E-state index contributed by atoms with van der Waals surface area (Å²) < 4.78 is 0. The molecule has 4 heteroatoms. The Balaban J connectivity index is 2.53. The zero-order valence-electron chi connectivity index (χ0n) is 13.2. The summed E-state index contributed by atoms with van der Waals surface area (Å²) in [5.41, 5.74) is 0. The highest BCUT2D eigenvalue weighted by atomic mass is 16.2. The van der Waals surface area contributed by atoms with Crippen molar-refractivity contribution in [3.63, 3.8) is 0 Å². The van der Waals surface area contributed by atoms with Gasteiger partial charge in [-0.25, -0.2) is 0 Å². The van der Waals surface area contributed by atoms with Gasteiger partial charge in [0.2, 0.25) is 5.91 Å². The Bertz CT molecular complexity index is 283. The first kappa shape index (κ1) is 16.4. The third-order valence-electron chi connectivity index (χ3n) is 4.59. The largest absolute Gasteiger partial charge is 0.352 e. The van der Waals surface area contributed by atoms with Gasteiger partial charge in [-0.15, -0.1) is 0 Å². The van der Waals surface area contributed by atoms with E-state index in [4.69, 9.17) is 0 Å². The number of likely N-dealkylation sites (tertiary alicyclic amines) is 1. The Morgan fingerprint density at radius 1 is 1.37 bits per heavy atom. The normalized spacial score (nSPS) is 27.8. The van der Waals surface area contributed by atoms with Crippen molar-refractivity contribution in [3.8, 4) is 0 Å². The molecule has 0 bridgehead atoms. The number of carbonyl (C=O) groups is 1. The maximum atomic E-state index is 12.2. The summed E-state index contributed by atoms with van der Waals surface area (Å²) in [6.45, 7) is 10.5. The van der Waals surface area contributed by atoms with E-state index in [0.717, 1.165) is 25.9 Å². The van der Waals surface area contributed by atoms with Gasteiger partial charge in [-0.1, -0.05) is 20.3 Å². The molecule has 0 saturated carbocycles. The minimum atomic E-state index is -0.0131. The molecule has 0 aromatic carbocycles. The molecule has 1 saturated heterocycles. The van der Waals surface area contributed by atoms with Gasteiger partial charge in [-0.2, -0.15) is 0 Å². The quantitative estimate of drug-likeness (QED) is 0.770. The second-order valence-electron chi connectivity index (χ2n) is 5.84. The van der Waals surface area contributed by atoms with Crippen LogP contribution in [0.15, 0.2) is 0 Å². The van der Waals surface area contributed by atoms with Gasteiger partial charge in [0, 0.05) is 25.2 Å². The number of nitrogens with one attached hydrogen (secondary N) is 2. The Morgan fingerprint density at radius 2 is 2.05 bits per heavy atom. The van der Waals surface area contributed by atoms with Crippen LogP contribution in [-0.2, 0) is 4.79 Å². The van der Waals surface area contributed by atoms with E-state index in [9.17, 15) is 4.79 Å². The summed E-state index contributed by atoms with van der Waals surface area (Å²) >= 11 is 0. The van der Waals surface area contributed by atoms with Gasteiger partial charge in [0.1, 0.15) is 0 Å². The van der Waals surface area contributed by atoms with Crippen molar-refractivity contribution < 1.29 is 4.79 Å². The number of carbonyl (C=O) groups excluding carboxylic acids is 1. The lowest BCUT2D eigenvalue weighted by Gasteiger charge is -2.40. The number of nitrogens with zero attached hydrogens (tertiary/aromatic N) is 1. The monoisotopic (exact) mass is 269 g/mol. The molecule has 0 aromatic heterocycles. The van der Waals surface area contributed by atoms with Crippen LogP contribution in [0.3, 0.4) is 0 Å². The zero-order valence-corrected chi connectivity index (χ0v) is 13.2. The molecule has 1 amide bonds. The van der Waals surface area contributed by atoms with Gasteiger partial charge in [0.15, 0.2) is 0 Å². The van der Waals surface area contributed by atoms with Crippen LogP contribution in [0.25, 0.3) is 0 Å². The van der Waals surface area contributed by atoms with E-state index in [-0.39, 0.29) is 18.0 Å². The van der Waals surface area contributed by atoms with Crippen molar-refractivity contribution in [2.75, 3.05) is 20.1 Å². The molecule has 1 rings (SSSR count). The summed E-state index contributed by atoms with van der Waals surface area (Å²) in [5.74, 6) is 0.824. The molecular formula is C15H31N3O. The standard InChI is InChI=1S/C15H31N3O/c1-6-11(3)17-15(19)12(4)18-9-8-14(16-5)13(7-2)10-18/h11-14,16H,6-10H2,1-5H3,(H,17,19). The number of amides is 1. The first-order chi connectivity index (χ1) is 9.03. The highest BCUT2D eigenvalue weighted by molar-refractivity contribution is 5.81. The van der Waals surface area contributed by atoms with Gasteiger partial charge < -0.3 is 10.6 Å². The van der Waals surface area contributed by atoms with Gasteiger partial charge >= 0.3 is 0 Å². The van der Waals surface area contributed by atoms with Gasteiger partial charge in [0.25, 0.3) is 0 Å². The van der Waals surface area contributed by atoms with Crippen LogP contribution in [0.5, 0.6) is 0 Å². The summed E-state index contributed by atoms with van der Waals surface area (Å²) in [6.07, 6.45) is 3.29. The zero-order chi connectivity index (χ0) is 14.4. The Labute approximate surface area is 118 Å². The Morgan fingerprint density at radius 3 is 2.58 bits per heavy atom. The van der Waals surface area contributed by atoms with E-state index in [1.807, 2.05) is 14.0 Å². The second-order valence-corrected chi connectivity index (χ2v) is 5.84. The van der Waals surface area contributed by atoms with Crippen LogP contribution in [0.2, 0.25) is 0 Å². The lowest BCUT2D eigenvalue weighted by Crippen LogP contribution is -2.55. The minimum absolute atomic E-state index is 0.0131. The fraction of sp³-hybridized carbons (Fsp3) is 0.933. The van der Waals surface area contributed by atoms with Gasteiger partial charge in [0.05, 0.1) is 6.04 Å². The number of piperidine rings is 1. The third kappa shape index (κ3) is 4.46. The van der Waals surface area contributed by atoms with Crippen LogP contribution in [0.4, 0.5) is 0 Å². The van der Waals surface area contributed by atoms with Crippen LogP contribution in [0.1, 0.15) is 47.0 Å². The predicted octanol–water partition coefficient (Wildman–Crippen LogP) is 1.61. The van der Waals surface area contributed by atoms with Crippen molar-refractivity contribution in [3.05, 3.63) is 0 Å². The fourth-order valence-corrected chi connectivity index (χ4v) is 2.84. The van der Waals surface area contributed by atoms with Crippen LogP contribution < -0.4 is 10.6 Å². The summed E-state index contributed by atoms with van der Waals surface area (Å²) in [6, 6.07) is 0.860. The molecule has 0 aromatic rings. The third-order valence-corrected chi connectivity index (χ3v) is 4.59. The van der Waals surface area contributed by atoms with Crippen molar-refractivity contribution in [2.45, 2.75) is 65.1 Å². The van der Waals surface area contributed by atoms with E-state index >= 15 is 0 Å². The summed E-state index contributed by atoms with van der Waals surface area (Å²) in [7, 11) is 2.04. The molecule has 0 aliphatic carbocycles. The van der Waals surface area contributed by atoms with E-state index in [2.05, 4.69) is 36.3 Å². The Hall–Kier alpha value is -0.610. The molecule has 0 radical (unpaired) electrons. The average molecular weight is 269 g/mol. The maximum absolute atomic E-state index is 12.2. The molecule has 1 fully saturated rings. The molecule has 1 heterocycles. The van der Waals surface area contributed by atoms with Crippen molar-refractivity contribution in [2.24, 2.45) is 5.92 Å². The van der Waals surface area contributed by atoms with E-state index in [0.29, 0.717) is 12.0 Å². The summed E-state index contributed by atoms with van der Waals surface area (Å²) in [4.78, 5) is 14.5. The van der Waals surface area contributed by atoms with Crippen molar-refractivity contribution >= 4 is 5.91 Å². The van der Waals surface area contributed by atoms with Gasteiger partial charge in [-0.3, -0.25) is 9.69 Å². The fourth-order valence-electron chi connectivity index (χ4n) is 2.84. The smallest absolute Gasteiger partial charge is 0.237 e. The first-order valence-corrected chi connectivity index (χ1v) is 7.75. The van der Waals surface area contributed by atoms with Crippen LogP contribution in [-0.4, -0.2) is 49.1 Å². The molecule has 4 unspecified atom stereocenters. The lowest BCUT2D eigenvalue weighted by molar-refractivity contribution is -0.127. The molecule has 112 valence electrons. The predicted molar refractivity (Wildman–Crippen MR) is 80.2 cm³/mol. The van der Waals surface area contributed by atoms with Crippen molar-refractivity contribution in [1.29, 1.82) is 0 Å². The maximum Gasteiger partial charge on any atom is 0.237 e. The number of hydrogen-bond acceptors (Lipinski definition) is 3. The first-order valence-electron chi connectivity index (χ1n) is 7.75. The second kappa shape index (κ2) is 7.85. The van der Waals surface area contributed by atoms with Gasteiger partial charge in [-0.05, 0) is 39.7 Å². The van der Waals surface area contributed by atoms with E-state index in [1.54, 1.807) is 0 Å². The van der Waals surface area contributed by atoms with Crippen LogP contribution >= 0.6 is 0 Å². The molecule has 0 spiro atoms.